The number of ether oxygens (including phenoxy) is 1. The Kier molecular flexibility index (Phi) is 8.61. The SMILES string of the molecule is O=C(O)COc1cc(CCCNCCC(c2ccccc2)c2ccccc2)ccc1F. The third-order valence-electron chi connectivity index (χ3n) is 5.18. The molecular weight excluding hydrogens is 393 g/mol. The molecule has 0 bridgehead atoms. The first-order valence-corrected chi connectivity index (χ1v) is 10.6. The molecule has 2 N–H and O–H groups in total. The second-order valence-electron chi connectivity index (χ2n) is 7.46. The van der Waals surface area contributed by atoms with Crippen molar-refractivity contribution in [1.29, 1.82) is 0 Å². The van der Waals surface area contributed by atoms with Crippen LogP contribution in [0.25, 0.3) is 0 Å². The molecule has 3 aromatic rings. The lowest BCUT2D eigenvalue weighted by Gasteiger charge is -2.18. The Morgan fingerprint density at radius 1 is 0.935 bits per heavy atom. The van der Waals surface area contributed by atoms with Gasteiger partial charge in [-0.3, -0.25) is 0 Å². The van der Waals surface area contributed by atoms with Gasteiger partial charge in [0.1, 0.15) is 0 Å². The number of aryl methyl sites for hydroxylation is 1. The van der Waals surface area contributed by atoms with Crippen molar-refractivity contribution in [1.82, 2.24) is 5.32 Å². The fourth-order valence-corrected chi connectivity index (χ4v) is 3.64. The monoisotopic (exact) mass is 421 g/mol. The number of carbonyl (C=O) groups is 1. The van der Waals surface area contributed by atoms with Crippen LogP contribution in [-0.4, -0.2) is 30.8 Å². The molecule has 0 aliphatic carbocycles. The van der Waals surface area contributed by atoms with Crippen LogP contribution in [-0.2, 0) is 11.2 Å². The van der Waals surface area contributed by atoms with Crippen molar-refractivity contribution >= 4 is 5.97 Å². The molecule has 0 aliphatic rings. The Morgan fingerprint density at radius 2 is 1.58 bits per heavy atom. The van der Waals surface area contributed by atoms with Crippen molar-refractivity contribution < 1.29 is 19.0 Å². The number of halogens is 1. The highest BCUT2D eigenvalue weighted by Gasteiger charge is 2.13. The highest BCUT2D eigenvalue weighted by molar-refractivity contribution is 5.68. The lowest BCUT2D eigenvalue weighted by molar-refractivity contribution is -0.139. The summed E-state index contributed by atoms with van der Waals surface area (Å²) in [6.07, 6.45) is 2.65. The number of carboxylic acids is 1. The van der Waals surface area contributed by atoms with Gasteiger partial charge < -0.3 is 15.2 Å². The minimum absolute atomic E-state index is 0.0126. The van der Waals surface area contributed by atoms with Crippen molar-refractivity contribution in [2.45, 2.75) is 25.2 Å². The number of benzene rings is 3. The van der Waals surface area contributed by atoms with Crippen LogP contribution in [0.2, 0.25) is 0 Å². The van der Waals surface area contributed by atoms with Gasteiger partial charge >= 0.3 is 5.97 Å². The fraction of sp³-hybridized carbons (Fsp3) is 0.269. The summed E-state index contributed by atoms with van der Waals surface area (Å²) in [5, 5.41) is 12.2. The van der Waals surface area contributed by atoms with E-state index in [1.165, 1.54) is 17.2 Å². The van der Waals surface area contributed by atoms with Crippen LogP contribution in [0.5, 0.6) is 5.75 Å². The molecule has 0 aliphatic heterocycles. The zero-order valence-electron chi connectivity index (χ0n) is 17.5. The molecule has 0 unspecified atom stereocenters. The summed E-state index contributed by atoms with van der Waals surface area (Å²) in [7, 11) is 0. The molecule has 5 heteroatoms. The maximum absolute atomic E-state index is 13.7. The van der Waals surface area contributed by atoms with E-state index in [0.29, 0.717) is 5.92 Å². The van der Waals surface area contributed by atoms with Crippen LogP contribution in [0.15, 0.2) is 78.9 Å². The van der Waals surface area contributed by atoms with E-state index >= 15 is 0 Å². The maximum atomic E-state index is 13.7. The van der Waals surface area contributed by atoms with Gasteiger partial charge in [-0.1, -0.05) is 66.7 Å². The van der Waals surface area contributed by atoms with Crippen molar-refractivity contribution in [2.24, 2.45) is 0 Å². The van der Waals surface area contributed by atoms with E-state index in [4.69, 9.17) is 9.84 Å². The van der Waals surface area contributed by atoms with Gasteiger partial charge in [-0.25, -0.2) is 9.18 Å². The Balaban J connectivity index is 1.46. The van der Waals surface area contributed by atoms with Gasteiger partial charge in [-0.2, -0.15) is 0 Å². The van der Waals surface area contributed by atoms with Crippen molar-refractivity contribution in [3.8, 4) is 5.75 Å². The Hall–Kier alpha value is -3.18. The molecule has 0 saturated heterocycles. The van der Waals surface area contributed by atoms with Gasteiger partial charge in [0.05, 0.1) is 0 Å². The van der Waals surface area contributed by atoms with Gasteiger partial charge in [-0.15, -0.1) is 0 Å². The van der Waals surface area contributed by atoms with Gasteiger partial charge in [0.2, 0.25) is 0 Å². The first-order valence-electron chi connectivity index (χ1n) is 10.6. The summed E-state index contributed by atoms with van der Waals surface area (Å²) in [5.41, 5.74) is 3.56. The van der Waals surface area contributed by atoms with E-state index in [2.05, 4.69) is 53.8 Å². The normalized spacial score (nSPS) is 10.9. The Morgan fingerprint density at radius 3 is 2.19 bits per heavy atom. The summed E-state index contributed by atoms with van der Waals surface area (Å²) in [6.45, 7) is 1.19. The van der Waals surface area contributed by atoms with E-state index in [1.54, 1.807) is 12.1 Å². The van der Waals surface area contributed by atoms with Crippen LogP contribution >= 0.6 is 0 Å². The second kappa shape index (κ2) is 11.9. The molecule has 4 nitrogen and oxygen atoms in total. The molecule has 162 valence electrons. The Bertz CT molecular complexity index is 908. The van der Waals surface area contributed by atoms with Gasteiger partial charge in [0.15, 0.2) is 18.2 Å². The first-order chi connectivity index (χ1) is 15.1. The third kappa shape index (κ3) is 7.23. The summed E-state index contributed by atoms with van der Waals surface area (Å²) in [4.78, 5) is 10.6. The molecule has 0 heterocycles. The predicted molar refractivity (Wildman–Crippen MR) is 120 cm³/mol. The van der Waals surface area contributed by atoms with Crippen LogP contribution in [0.1, 0.15) is 35.4 Å². The topological polar surface area (TPSA) is 58.6 Å². The minimum atomic E-state index is -1.13. The molecule has 0 spiro atoms. The smallest absolute Gasteiger partial charge is 0.341 e. The van der Waals surface area contributed by atoms with Crippen molar-refractivity contribution in [2.75, 3.05) is 19.7 Å². The molecular formula is C26H28FNO3. The summed E-state index contributed by atoms with van der Waals surface area (Å²) < 4.78 is 18.7. The standard InChI is InChI=1S/C26H28FNO3/c27-24-14-13-20(18-25(24)31-19-26(29)30)8-7-16-28-17-15-23(21-9-3-1-4-10-21)22-11-5-2-6-12-22/h1-6,9-14,18,23,28H,7-8,15-17,19H2,(H,29,30). The molecule has 0 amide bonds. The lowest BCUT2D eigenvalue weighted by atomic mass is 9.88. The number of aliphatic carboxylic acids is 1. The lowest BCUT2D eigenvalue weighted by Crippen LogP contribution is -2.20. The van der Waals surface area contributed by atoms with Crippen molar-refractivity contribution in [3.63, 3.8) is 0 Å². The predicted octanol–water partition coefficient (Wildman–Crippen LogP) is 5.03. The third-order valence-corrected chi connectivity index (χ3v) is 5.18. The average molecular weight is 422 g/mol. The zero-order chi connectivity index (χ0) is 21.9. The van der Waals surface area contributed by atoms with Crippen LogP contribution in [0, 0.1) is 5.82 Å². The number of nitrogens with one attached hydrogen (secondary N) is 1. The maximum Gasteiger partial charge on any atom is 0.341 e. The molecule has 0 radical (unpaired) electrons. The van der Waals surface area contributed by atoms with E-state index in [0.717, 1.165) is 37.9 Å². The number of carboxylic acid groups (broad SMARTS) is 1. The van der Waals surface area contributed by atoms with E-state index < -0.39 is 18.4 Å². The summed E-state index contributed by atoms with van der Waals surface area (Å²) >= 11 is 0. The highest BCUT2D eigenvalue weighted by Crippen LogP contribution is 2.27. The Labute approximate surface area is 182 Å². The quantitative estimate of drug-likeness (QED) is 0.403. The van der Waals surface area contributed by atoms with E-state index in [9.17, 15) is 9.18 Å². The van der Waals surface area contributed by atoms with Crippen LogP contribution in [0.3, 0.4) is 0 Å². The number of rotatable bonds is 12. The summed E-state index contributed by atoms with van der Waals surface area (Å²) in [6, 6.07) is 25.7. The minimum Gasteiger partial charge on any atom is -0.479 e. The highest BCUT2D eigenvalue weighted by atomic mass is 19.1. The molecule has 0 saturated carbocycles. The van der Waals surface area contributed by atoms with Crippen LogP contribution < -0.4 is 10.1 Å². The first kappa shape index (κ1) is 22.5. The van der Waals surface area contributed by atoms with Crippen LogP contribution in [0.4, 0.5) is 4.39 Å². The van der Waals surface area contributed by atoms with E-state index in [-0.39, 0.29) is 5.75 Å². The molecule has 31 heavy (non-hydrogen) atoms. The molecule has 0 aromatic heterocycles. The number of hydrogen-bond donors (Lipinski definition) is 2. The molecule has 0 fully saturated rings. The van der Waals surface area contributed by atoms with Gasteiger partial charge in [0, 0.05) is 5.92 Å². The van der Waals surface area contributed by atoms with Gasteiger partial charge in [0.25, 0.3) is 0 Å². The largest absolute Gasteiger partial charge is 0.479 e. The number of hydrogen-bond acceptors (Lipinski definition) is 3. The summed E-state index contributed by atoms with van der Waals surface area (Å²) in [5.74, 6) is -1.34. The average Bonchev–Trinajstić information content (AvgIpc) is 2.79. The second-order valence-corrected chi connectivity index (χ2v) is 7.46. The molecule has 3 rings (SSSR count). The van der Waals surface area contributed by atoms with E-state index in [1.807, 2.05) is 12.1 Å². The molecule has 0 atom stereocenters. The molecule has 3 aromatic carbocycles. The van der Waals surface area contributed by atoms with Crippen molar-refractivity contribution in [3.05, 3.63) is 101 Å². The van der Waals surface area contributed by atoms with Gasteiger partial charge in [-0.05, 0) is 61.2 Å². The fourth-order valence-electron chi connectivity index (χ4n) is 3.64. The zero-order valence-corrected chi connectivity index (χ0v) is 17.5.